The van der Waals surface area contributed by atoms with Crippen molar-refractivity contribution in [1.82, 2.24) is 4.72 Å². The fraction of sp³-hybridized carbons (Fsp3) is 0.625. The molecular weight excluding hydrogens is 286 g/mol. The molecule has 1 N–H and O–H groups in total. The molecule has 0 unspecified atom stereocenters. The van der Waals surface area contributed by atoms with Crippen LogP contribution in [0.2, 0.25) is 0 Å². The van der Waals surface area contributed by atoms with Crippen LogP contribution in [0.4, 0.5) is 0 Å². The predicted molar refractivity (Wildman–Crippen MR) is 86.3 cm³/mol. The van der Waals surface area contributed by atoms with E-state index in [-0.39, 0.29) is 11.8 Å². The van der Waals surface area contributed by atoms with Gasteiger partial charge < -0.3 is 4.74 Å². The zero-order valence-electron chi connectivity index (χ0n) is 13.6. The molecule has 0 aromatic heterocycles. The first-order valence-corrected chi connectivity index (χ1v) is 9.06. The fourth-order valence-corrected chi connectivity index (χ4v) is 3.19. The second-order valence-corrected chi connectivity index (χ2v) is 7.45. The molecule has 120 valence electrons. The highest BCUT2D eigenvalue weighted by Crippen LogP contribution is 2.31. The van der Waals surface area contributed by atoms with Crippen molar-refractivity contribution < 1.29 is 13.2 Å². The summed E-state index contributed by atoms with van der Waals surface area (Å²) < 4.78 is 32.9. The van der Waals surface area contributed by atoms with Gasteiger partial charge in [0.25, 0.3) is 0 Å². The van der Waals surface area contributed by atoms with E-state index in [1.165, 1.54) is 0 Å². The summed E-state index contributed by atoms with van der Waals surface area (Å²) in [7, 11) is -3.46. The monoisotopic (exact) mass is 313 g/mol. The Hall–Kier alpha value is -1.07. The number of hydrogen-bond donors (Lipinski definition) is 1. The fourth-order valence-electron chi connectivity index (χ4n) is 1.95. The van der Waals surface area contributed by atoms with Crippen LogP contribution in [0.1, 0.15) is 52.5 Å². The van der Waals surface area contributed by atoms with Gasteiger partial charge in [0.1, 0.15) is 5.75 Å². The number of rotatable bonds is 8. The predicted octanol–water partition coefficient (Wildman–Crippen LogP) is 3.53. The number of ether oxygens (including phenoxy) is 1. The van der Waals surface area contributed by atoms with Gasteiger partial charge in [-0.15, -0.1) is 0 Å². The third-order valence-electron chi connectivity index (χ3n) is 3.42. The molecule has 0 saturated heterocycles. The molecule has 4 nitrogen and oxygen atoms in total. The Morgan fingerprint density at radius 2 is 1.86 bits per heavy atom. The van der Waals surface area contributed by atoms with Crippen molar-refractivity contribution in [3.63, 3.8) is 0 Å². The summed E-state index contributed by atoms with van der Waals surface area (Å²) in [6.45, 7) is 11.1. The number of nitrogens with one attached hydrogen (secondary N) is 1. The highest BCUT2D eigenvalue weighted by molar-refractivity contribution is 7.89. The largest absolute Gasteiger partial charge is 0.494 e. The maximum absolute atomic E-state index is 12.3. The molecule has 0 radical (unpaired) electrons. The molecule has 0 bridgehead atoms. The van der Waals surface area contributed by atoms with Crippen LogP contribution in [-0.4, -0.2) is 21.6 Å². The standard InChI is InChI=1S/C16H27NO3S/c1-6-13(5)15-10-14(8-9-16(15)20-7-2)21(18,19)17-11-12(3)4/h8-10,12-13,17H,6-7,11H2,1-5H3/t13-/m1/s1. The van der Waals surface area contributed by atoms with E-state index in [4.69, 9.17) is 4.74 Å². The normalized spacial score (nSPS) is 13.4. The molecule has 1 aromatic rings. The Morgan fingerprint density at radius 3 is 2.38 bits per heavy atom. The van der Waals surface area contributed by atoms with Crippen molar-refractivity contribution in [2.75, 3.05) is 13.2 Å². The summed E-state index contributed by atoms with van der Waals surface area (Å²) in [4.78, 5) is 0.307. The minimum atomic E-state index is -3.46. The van der Waals surface area contributed by atoms with Gasteiger partial charge in [0.05, 0.1) is 11.5 Å². The van der Waals surface area contributed by atoms with Gasteiger partial charge in [0, 0.05) is 6.54 Å². The summed E-state index contributed by atoms with van der Waals surface area (Å²) in [5.41, 5.74) is 0.951. The van der Waals surface area contributed by atoms with Gasteiger partial charge in [-0.25, -0.2) is 13.1 Å². The van der Waals surface area contributed by atoms with Crippen LogP contribution in [0.3, 0.4) is 0 Å². The molecule has 0 spiro atoms. The first-order valence-electron chi connectivity index (χ1n) is 7.58. The molecule has 1 aromatic carbocycles. The van der Waals surface area contributed by atoms with Crippen LogP contribution < -0.4 is 9.46 Å². The smallest absolute Gasteiger partial charge is 0.240 e. The Bertz CT molecular complexity index is 553. The second-order valence-electron chi connectivity index (χ2n) is 5.69. The second kappa shape index (κ2) is 7.80. The van der Waals surface area contributed by atoms with E-state index in [0.29, 0.717) is 18.0 Å². The lowest BCUT2D eigenvalue weighted by Crippen LogP contribution is -2.27. The highest BCUT2D eigenvalue weighted by atomic mass is 32.2. The van der Waals surface area contributed by atoms with Crippen LogP contribution in [0, 0.1) is 5.92 Å². The zero-order chi connectivity index (χ0) is 16.0. The first kappa shape index (κ1) is 18.0. The van der Waals surface area contributed by atoms with Gasteiger partial charge in [-0.3, -0.25) is 0 Å². The third-order valence-corrected chi connectivity index (χ3v) is 4.84. The van der Waals surface area contributed by atoms with Crippen LogP contribution in [0.25, 0.3) is 0 Å². The first-order chi connectivity index (χ1) is 9.81. The van der Waals surface area contributed by atoms with E-state index in [1.54, 1.807) is 18.2 Å². The lowest BCUT2D eigenvalue weighted by molar-refractivity contribution is 0.334. The van der Waals surface area contributed by atoms with Crippen LogP contribution in [-0.2, 0) is 10.0 Å². The minimum Gasteiger partial charge on any atom is -0.494 e. The molecule has 1 atom stereocenters. The summed E-state index contributed by atoms with van der Waals surface area (Å²) in [5, 5.41) is 0. The van der Waals surface area contributed by atoms with Crippen molar-refractivity contribution in [1.29, 1.82) is 0 Å². The maximum atomic E-state index is 12.3. The van der Waals surface area contributed by atoms with E-state index in [9.17, 15) is 8.42 Å². The SMILES string of the molecule is CCOc1ccc(S(=O)(=O)NCC(C)C)cc1[C@H](C)CC. The zero-order valence-corrected chi connectivity index (χ0v) is 14.5. The lowest BCUT2D eigenvalue weighted by atomic mass is 9.98. The molecule has 0 aliphatic heterocycles. The van der Waals surface area contributed by atoms with E-state index in [0.717, 1.165) is 17.7 Å². The average Bonchev–Trinajstić information content (AvgIpc) is 2.45. The Balaban J connectivity index is 3.15. The van der Waals surface area contributed by atoms with E-state index in [1.807, 2.05) is 20.8 Å². The summed E-state index contributed by atoms with van der Waals surface area (Å²) in [6.07, 6.45) is 0.934. The molecular formula is C16H27NO3S. The number of hydrogen-bond acceptors (Lipinski definition) is 3. The van der Waals surface area contributed by atoms with Crippen molar-refractivity contribution in [3.8, 4) is 5.75 Å². The quantitative estimate of drug-likeness (QED) is 0.798. The summed E-state index contributed by atoms with van der Waals surface area (Å²) in [6, 6.07) is 5.11. The van der Waals surface area contributed by atoms with Gasteiger partial charge in [-0.2, -0.15) is 0 Å². The van der Waals surface area contributed by atoms with Crippen LogP contribution in [0.15, 0.2) is 23.1 Å². The van der Waals surface area contributed by atoms with Gasteiger partial charge >= 0.3 is 0 Å². The maximum Gasteiger partial charge on any atom is 0.240 e. The molecule has 0 fully saturated rings. The van der Waals surface area contributed by atoms with E-state index in [2.05, 4.69) is 18.6 Å². The topological polar surface area (TPSA) is 55.4 Å². The molecule has 0 aliphatic carbocycles. The van der Waals surface area contributed by atoms with Gasteiger partial charge in [0.2, 0.25) is 10.0 Å². The Kier molecular flexibility index (Phi) is 6.68. The third kappa shape index (κ3) is 5.00. The van der Waals surface area contributed by atoms with Gasteiger partial charge in [0.15, 0.2) is 0 Å². The van der Waals surface area contributed by atoms with Crippen molar-refractivity contribution >= 4 is 10.0 Å². The average molecular weight is 313 g/mol. The van der Waals surface area contributed by atoms with Crippen LogP contribution in [0.5, 0.6) is 5.75 Å². The molecule has 0 amide bonds. The number of benzene rings is 1. The van der Waals surface area contributed by atoms with E-state index < -0.39 is 10.0 Å². The summed E-state index contributed by atoms with van der Waals surface area (Å²) in [5.74, 6) is 1.30. The minimum absolute atomic E-state index is 0.256. The Labute approximate surface area is 129 Å². The molecule has 1 rings (SSSR count). The number of sulfonamides is 1. The Morgan fingerprint density at radius 1 is 1.19 bits per heavy atom. The van der Waals surface area contributed by atoms with Crippen molar-refractivity contribution in [2.45, 2.75) is 51.9 Å². The summed E-state index contributed by atoms with van der Waals surface area (Å²) >= 11 is 0. The highest BCUT2D eigenvalue weighted by Gasteiger charge is 2.18. The molecule has 0 heterocycles. The van der Waals surface area contributed by atoms with Crippen LogP contribution >= 0.6 is 0 Å². The van der Waals surface area contributed by atoms with Crippen molar-refractivity contribution in [2.24, 2.45) is 5.92 Å². The molecule has 21 heavy (non-hydrogen) atoms. The molecule has 0 aliphatic rings. The van der Waals surface area contributed by atoms with Crippen molar-refractivity contribution in [3.05, 3.63) is 23.8 Å². The molecule has 5 heteroatoms. The lowest BCUT2D eigenvalue weighted by Gasteiger charge is -2.17. The van der Waals surface area contributed by atoms with Gasteiger partial charge in [-0.05, 0) is 48.9 Å². The van der Waals surface area contributed by atoms with Gasteiger partial charge in [-0.1, -0.05) is 27.7 Å². The molecule has 0 saturated carbocycles. The van der Waals surface area contributed by atoms with E-state index >= 15 is 0 Å².